The Morgan fingerprint density at radius 3 is 1.50 bits per heavy atom. The van der Waals surface area contributed by atoms with Gasteiger partial charge in [-0.15, -0.1) is 0 Å². The molecular formula is C9H16NORh+. The van der Waals surface area contributed by atoms with Crippen LogP contribution < -0.4 is 0 Å². The molecule has 1 radical (unpaired) electrons. The van der Waals surface area contributed by atoms with Crippen LogP contribution in [0.2, 0.25) is 0 Å². The largest absolute Gasteiger partial charge is 2.00 e. The van der Waals surface area contributed by atoms with Gasteiger partial charge < -0.3 is 14.9 Å². The number of hydrogen-bond acceptors (Lipinski definition) is 1. The molecule has 0 aliphatic heterocycles. The van der Waals surface area contributed by atoms with Gasteiger partial charge in [0.05, 0.1) is 0 Å². The van der Waals surface area contributed by atoms with Crippen molar-refractivity contribution in [1.29, 1.82) is 0 Å². The van der Waals surface area contributed by atoms with Crippen molar-refractivity contribution in [1.82, 2.24) is 4.98 Å². The smallest absolute Gasteiger partial charge is 0.358 e. The molecule has 0 saturated carbocycles. The van der Waals surface area contributed by atoms with E-state index in [4.69, 9.17) is 4.79 Å². The zero-order valence-corrected chi connectivity index (χ0v) is 9.33. The first kappa shape index (κ1) is 22.5. The molecular weight excluding hydrogens is 241 g/mol. The number of aldehydes is 1. The summed E-state index contributed by atoms with van der Waals surface area (Å²) in [6.45, 7) is 1.56. The van der Waals surface area contributed by atoms with Crippen LogP contribution >= 0.6 is 0 Å². The van der Waals surface area contributed by atoms with E-state index < -0.39 is 0 Å². The molecule has 0 aromatic carbocycles. The monoisotopic (exact) mass is 257 g/mol. The van der Waals surface area contributed by atoms with Gasteiger partial charge >= 0.3 is 19.5 Å². The predicted molar refractivity (Wildman–Crippen MR) is 50.7 cm³/mol. The third-order valence-corrected chi connectivity index (χ3v) is 0.566. The third kappa shape index (κ3) is 22.7. The van der Waals surface area contributed by atoms with Crippen LogP contribution in [-0.2, 0) is 19.5 Å². The van der Waals surface area contributed by atoms with Crippen molar-refractivity contribution >= 4 is 6.29 Å². The molecule has 0 fully saturated rings. The summed E-state index contributed by atoms with van der Waals surface area (Å²) in [6.07, 6.45) is 4.50. The summed E-state index contributed by atoms with van der Waals surface area (Å²) in [5, 5.41) is 0. The van der Waals surface area contributed by atoms with Crippen LogP contribution in [-0.4, -0.2) is 16.1 Å². The first-order valence-corrected chi connectivity index (χ1v) is 2.69. The van der Waals surface area contributed by atoms with Gasteiger partial charge in [0.1, 0.15) is 0 Å². The van der Waals surface area contributed by atoms with E-state index >= 15 is 0 Å². The Hall–Kier alpha value is -0.557. The number of hydrogen-bond donors (Lipinski definition) is 0. The maximum atomic E-state index is 7.44. The van der Waals surface area contributed by atoms with Crippen molar-refractivity contribution in [3.05, 3.63) is 45.4 Å². The van der Waals surface area contributed by atoms with Crippen molar-refractivity contribution in [3.8, 4) is 0 Å². The van der Waals surface area contributed by atoms with E-state index in [1.165, 1.54) is 0 Å². The van der Waals surface area contributed by atoms with Gasteiger partial charge in [-0.1, -0.05) is 6.07 Å². The molecule has 0 unspecified atom stereocenters. The Bertz CT molecular complexity index is 118. The molecule has 0 aliphatic carbocycles. The second kappa shape index (κ2) is 22.4. The first-order valence-electron chi connectivity index (χ1n) is 2.69. The molecule has 1 heterocycles. The molecule has 1 aromatic heterocycles. The molecule has 0 spiro atoms. The van der Waals surface area contributed by atoms with Crippen molar-refractivity contribution in [2.75, 3.05) is 0 Å². The van der Waals surface area contributed by atoms with E-state index in [-0.39, 0.29) is 34.3 Å². The van der Waals surface area contributed by atoms with Crippen LogP contribution in [0, 0.1) is 14.9 Å². The zero-order valence-electron chi connectivity index (χ0n) is 7.69. The summed E-state index contributed by atoms with van der Waals surface area (Å²) in [6, 6.07) is 5.72. The number of rotatable bonds is 0. The van der Waals surface area contributed by atoms with Crippen LogP contribution in [0.4, 0.5) is 0 Å². The van der Waals surface area contributed by atoms with Crippen LogP contribution in [0.1, 0.15) is 6.92 Å². The van der Waals surface area contributed by atoms with Gasteiger partial charge in [-0.05, 0) is 12.1 Å². The quantitative estimate of drug-likeness (QED) is 0.303. The van der Waals surface area contributed by atoms with E-state index in [0.717, 1.165) is 6.29 Å². The molecule has 1 aromatic rings. The van der Waals surface area contributed by atoms with Crippen LogP contribution in [0.25, 0.3) is 0 Å². The van der Waals surface area contributed by atoms with E-state index in [1.54, 1.807) is 19.3 Å². The molecule has 1 rings (SSSR count). The molecule has 0 aliphatic rings. The van der Waals surface area contributed by atoms with Gasteiger partial charge in [0.25, 0.3) is 6.29 Å². The minimum absolute atomic E-state index is 0. The maximum Gasteiger partial charge on any atom is 2.00 e. The standard InChI is InChI=1S/C5H5N.C2H4O.2CH3.Rh/c1-2-4-6-5-3-1;1-2-3;;;/h1-5H;2H,1H3;2*1H3;/q;;2*-1;+2/p+1. The summed E-state index contributed by atoms with van der Waals surface area (Å²) < 4.78 is 0. The summed E-state index contributed by atoms with van der Waals surface area (Å²) in [7, 11) is 0. The van der Waals surface area contributed by atoms with E-state index in [0.29, 0.717) is 0 Å². The van der Waals surface area contributed by atoms with Crippen molar-refractivity contribution in [2.45, 2.75) is 6.92 Å². The van der Waals surface area contributed by atoms with Gasteiger partial charge in [0.15, 0.2) is 0 Å². The van der Waals surface area contributed by atoms with Gasteiger partial charge in [-0.3, -0.25) is 9.78 Å². The molecule has 71 valence electrons. The molecule has 12 heavy (non-hydrogen) atoms. The number of pyridine rings is 1. The number of nitrogens with zero attached hydrogens (tertiary/aromatic N) is 1. The van der Waals surface area contributed by atoms with Crippen molar-refractivity contribution < 1.29 is 24.3 Å². The normalized spacial score (nSPS) is 5.08. The molecule has 0 atom stereocenters. The molecule has 2 nitrogen and oxygen atoms in total. The summed E-state index contributed by atoms with van der Waals surface area (Å²) in [5.74, 6) is 0. The van der Waals surface area contributed by atoms with E-state index in [9.17, 15) is 0 Å². The Balaban J connectivity index is -0.0000000489. The molecule has 0 bridgehead atoms. The molecule has 1 N–H and O–H groups in total. The fraction of sp³-hybridized carbons (Fsp3) is 0.111. The van der Waals surface area contributed by atoms with Gasteiger partial charge in [-0.2, -0.15) is 0 Å². The Morgan fingerprint density at radius 1 is 1.08 bits per heavy atom. The van der Waals surface area contributed by atoms with Crippen molar-refractivity contribution in [3.63, 3.8) is 0 Å². The third-order valence-electron chi connectivity index (χ3n) is 0.566. The Morgan fingerprint density at radius 2 is 1.42 bits per heavy atom. The van der Waals surface area contributed by atoms with Crippen LogP contribution in [0.5, 0.6) is 0 Å². The number of aromatic nitrogens is 1. The Kier molecular flexibility index (Phi) is 42.1. The summed E-state index contributed by atoms with van der Waals surface area (Å²) in [4.78, 5) is 11.2. The van der Waals surface area contributed by atoms with Gasteiger partial charge in [0, 0.05) is 19.3 Å². The van der Waals surface area contributed by atoms with Crippen LogP contribution in [0.3, 0.4) is 0 Å². The zero-order chi connectivity index (χ0) is 6.95. The molecule has 0 saturated heterocycles. The first-order chi connectivity index (χ1) is 4.41. The predicted octanol–water partition coefficient (Wildman–Crippen LogP) is 2.16. The van der Waals surface area contributed by atoms with Crippen LogP contribution in [0.15, 0.2) is 30.6 Å². The average Bonchev–Trinajstić information content (AvgIpc) is 1.93. The van der Waals surface area contributed by atoms with Crippen molar-refractivity contribution in [2.24, 2.45) is 0 Å². The van der Waals surface area contributed by atoms with E-state index in [2.05, 4.69) is 4.98 Å². The summed E-state index contributed by atoms with van der Waals surface area (Å²) >= 11 is 0. The second-order valence-electron chi connectivity index (χ2n) is 1.28. The minimum atomic E-state index is 0. The Labute approximate surface area is 88.2 Å². The maximum absolute atomic E-state index is 7.44. The average molecular weight is 257 g/mol. The molecule has 3 heteroatoms. The molecule has 0 amide bonds. The fourth-order valence-corrected chi connectivity index (χ4v) is 0.313. The SMILES string of the molecule is CC=[OH+].[CH3-].[CH3-].[Rh+2].c1ccncc1. The number of carbonyl (C=O) groups excluding carboxylic acids is 1. The fourth-order valence-electron chi connectivity index (χ4n) is 0.313. The topological polar surface area (TPSA) is 34.3 Å². The van der Waals surface area contributed by atoms with E-state index in [1.807, 2.05) is 18.2 Å². The van der Waals surface area contributed by atoms with Gasteiger partial charge in [-0.25, -0.2) is 0 Å². The second-order valence-corrected chi connectivity index (χ2v) is 1.28. The minimum Gasteiger partial charge on any atom is -0.358 e. The van der Waals surface area contributed by atoms with Gasteiger partial charge in [0.2, 0.25) is 0 Å². The summed E-state index contributed by atoms with van der Waals surface area (Å²) in [5.41, 5.74) is 0.